The number of nitrogens with zero attached hydrogens (tertiary/aromatic N) is 1. The minimum Gasteiger partial charge on any atom is -0.364 e. The molecule has 2 heterocycles. The van der Waals surface area contributed by atoms with E-state index in [2.05, 4.69) is 53.4 Å². The van der Waals surface area contributed by atoms with Gasteiger partial charge in [0.25, 0.3) is 0 Å². The van der Waals surface area contributed by atoms with Crippen molar-refractivity contribution in [3.05, 3.63) is 54.1 Å². The third-order valence-electron chi connectivity index (χ3n) is 4.08. The molecule has 2 aliphatic heterocycles. The Labute approximate surface area is 102 Å². The van der Waals surface area contributed by atoms with E-state index in [1.54, 1.807) is 0 Å². The monoisotopic (exact) mass is 221 g/mol. The maximum atomic E-state index is 2.58. The third-order valence-corrected chi connectivity index (χ3v) is 4.08. The number of anilines is 1. The average molecular weight is 221 g/mol. The molecule has 17 heavy (non-hydrogen) atoms. The molecule has 84 valence electrons. The highest BCUT2D eigenvalue weighted by molar-refractivity contribution is 5.84. The van der Waals surface area contributed by atoms with Crippen molar-refractivity contribution in [3.63, 3.8) is 0 Å². The first-order valence-electron chi connectivity index (χ1n) is 6.40. The van der Waals surface area contributed by atoms with Crippen LogP contribution in [0.3, 0.4) is 0 Å². The molecule has 1 atom stereocenters. The van der Waals surface area contributed by atoms with E-state index in [0.29, 0.717) is 6.04 Å². The van der Waals surface area contributed by atoms with Gasteiger partial charge in [-0.1, -0.05) is 42.5 Å². The SMILES string of the molecule is c1ccc2c(c1)-c1ccccc1N1CCCC21. The zero-order chi connectivity index (χ0) is 11.2. The van der Waals surface area contributed by atoms with Gasteiger partial charge in [0.1, 0.15) is 0 Å². The molecule has 2 aromatic rings. The van der Waals surface area contributed by atoms with Crippen molar-refractivity contribution in [3.8, 4) is 11.1 Å². The van der Waals surface area contributed by atoms with Gasteiger partial charge in [-0.05, 0) is 30.0 Å². The van der Waals surface area contributed by atoms with E-state index < -0.39 is 0 Å². The van der Waals surface area contributed by atoms with Gasteiger partial charge in [0.15, 0.2) is 0 Å². The van der Waals surface area contributed by atoms with Gasteiger partial charge in [0.2, 0.25) is 0 Å². The second-order valence-corrected chi connectivity index (χ2v) is 4.96. The topological polar surface area (TPSA) is 3.24 Å². The van der Waals surface area contributed by atoms with Crippen molar-refractivity contribution >= 4 is 5.69 Å². The summed E-state index contributed by atoms with van der Waals surface area (Å²) in [6, 6.07) is 18.3. The van der Waals surface area contributed by atoms with Crippen molar-refractivity contribution in [2.24, 2.45) is 0 Å². The quantitative estimate of drug-likeness (QED) is 0.649. The molecule has 0 saturated carbocycles. The van der Waals surface area contributed by atoms with Gasteiger partial charge in [0.05, 0.1) is 6.04 Å². The summed E-state index contributed by atoms with van der Waals surface area (Å²) in [7, 11) is 0. The Hall–Kier alpha value is -1.76. The van der Waals surface area contributed by atoms with Crippen LogP contribution in [0.1, 0.15) is 24.4 Å². The molecule has 0 N–H and O–H groups in total. The number of hydrogen-bond acceptors (Lipinski definition) is 1. The molecule has 1 heteroatoms. The maximum absolute atomic E-state index is 2.58. The van der Waals surface area contributed by atoms with Crippen molar-refractivity contribution in [1.82, 2.24) is 0 Å². The first-order chi connectivity index (χ1) is 8.45. The molecule has 0 bridgehead atoms. The van der Waals surface area contributed by atoms with Crippen molar-refractivity contribution in [2.45, 2.75) is 18.9 Å². The van der Waals surface area contributed by atoms with Crippen LogP contribution in [-0.2, 0) is 0 Å². The van der Waals surface area contributed by atoms with Gasteiger partial charge in [-0.15, -0.1) is 0 Å². The van der Waals surface area contributed by atoms with Gasteiger partial charge in [0, 0.05) is 17.8 Å². The summed E-state index contributed by atoms with van der Waals surface area (Å²) in [5, 5.41) is 0. The second kappa shape index (κ2) is 3.36. The summed E-state index contributed by atoms with van der Waals surface area (Å²) in [6.07, 6.45) is 2.61. The first kappa shape index (κ1) is 9.29. The smallest absolute Gasteiger partial charge is 0.0549 e. The molecule has 0 aromatic heterocycles. The molecule has 2 aromatic carbocycles. The van der Waals surface area contributed by atoms with Crippen LogP contribution < -0.4 is 4.90 Å². The number of para-hydroxylation sites is 1. The minimum atomic E-state index is 0.612. The van der Waals surface area contributed by atoms with Gasteiger partial charge in [-0.25, -0.2) is 0 Å². The molecule has 4 rings (SSSR count). The highest BCUT2D eigenvalue weighted by atomic mass is 15.2. The lowest BCUT2D eigenvalue weighted by Gasteiger charge is -2.35. The molecular weight excluding hydrogens is 206 g/mol. The van der Waals surface area contributed by atoms with Gasteiger partial charge in [-0.2, -0.15) is 0 Å². The van der Waals surface area contributed by atoms with E-state index >= 15 is 0 Å². The normalized spacial score (nSPS) is 20.7. The van der Waals surface area contributed by atoms with Crippen molar-refractivity contribution in [2.75, 3.05) is 11.4 Å². The lowest BCUT2D eigenvalue weighted by atomic mass is 9.88. The third kappa shape index (κ3) is 1.20. The van der Waals surface area contributed by atoms with Gasteiger partial charge >= 0.3 is 0 Å². The van der Waals surface area contributed by atoms with Crippen LogP contribution in [-0.4, -0.2) is 6.54 Å². The van der Waals surface area contributed by atoms with Crippen LogP contribution in [0.15, 0.2) is 48.5 Å². The number of fused-ring (bicyclic) bond motifs is 6. The van der Waals surface area contributed by atoms with E-state index in [4.69, 9.17) is 0 Å². The fourth-order valence-corrected chi connectivity index (χ4v) is 3.36. The fraction of sp³-hybridized carbons (Fsp3) is 0.250. The zero-order valence-electron chi connectivity index (χ0n) is 9.76. The van der Waals surface area contributed by atoms with E-state index in [-0.39, 0.29) is 0 Å². The molecule has 0 spiro atoms. The maximum Gasteiger partial charge on any atom is 0.0549 e. The number of benzene rings is 2. The Morgan fingerprint density at radius 2 is 1.65 bits per heavy atom. The summed E-state index contributed by atoms with van der Waals surface area (Å²) in [6.45, 7) is 1.20. The molecule has 2 aliphatic rings. The van der Waals surface area contributed by atoms with Crippen molar-refractivity contribution < 1.29 is 0 Å². The van der Waals surface area contributed by atoms with Crippen LogP contribution in [0.25, 0.3) is 11.1 Å². The fourth-order valence-electron chi connectivity index (χ4n) is 3.36. The summed E-state index contributed by atoms with van der Waals surface area (Å²) < 4.78 is 0. The van der Waals surface area contributed by atoms with E-state index in [9.17, 15) is 0 Å². The second-order valence-electron chi connectivity index (χ2n) is 4.96. The molecule has 1 fully saturated rings. The minimum absolute atomic E-state index is 0.612. The van der Waals surface area contributed by atoms with Gasteiger partial charge < -0.3 is 4.90 Å². The number of hydrogen-bond donors (Lipinski definition) is 0. The average Bonchev–Trinajstić information content (AvgIpc) is 2.89. The van der Waals surface area contributed by atoms with E-state index in [1.165, 1.54) is 41.8 Å². The van der Waals surface area contributed by atoms with Gasteiger partial charge in [-0.3, -0.25) is 0 Å². The predicted molar refractivity (Wildman–Crippen MR) is 71.2 cm³/mol. The zero-order valence-corrected chi connectivity index (χ0v) is 9.76. The van der Waals surface area contributed by atoms with Crippen molar-refractivity contribution in [1.29, 1.82) is 0 Å². The molecule has 0 radical (unpaired) electrons. The molecular formula is C16H15N. The van der Waals surface area contributed by atoms with Crippen LogP contribution in [0, 0.1) is 0 Å². The Morgan fingerprint density at radius 3 is 2.59 bits per heavy atom. The highest BCUT2D eigenvalue weighted by Gasteiger charge is 2.33. The largest absolute Gasteiger partial charge is 0.364 e. The van der Waals surface area contributed by atoms with E-state index in [0.717, 1.165) is 0 Å². The standard InChI is InChI=1S/C16H15N/c1-2-7-14-12(6-1)13-8-3-4-9-15(13)17-11-5-10-16(14)17/h1-4,6-9,16H,5,10-11H2. The first-order valence-corrected chi connectivity index (χ1v) is 6.40. The molecule has 0 aliphatic carbocycles. The summed E-state index contributed by atoms with van der Waals surface area (Å²) >= 11 is 0. The Balaban J connectivity index is 2.04. The lowest BCUT2D eigenvalue weighted by molar-refractivity contribution is 0.713. The van der Waals surface area contributed by atoms with Crippen LogP contribution in [0.2, 0.25) is 0 Å². The van der Waals surface area contributed by atoms with E-state index in [1.807, 2.05) is 0 Å². The predicted octanol–water partition coefficient (Wildman–Crippen LogP) is 4.01. The molecule has 1 unspecified atom stereocenters. The molecule has 1 saturated heterocycles. The van der Waals surface area contributed by atoms with Crippen LogP contribution in [0.4, 0.5) is 5.69 Å². The summed E-state index contributed by atoms with van der Waals surface area (Å²) in [5.41, 5.74) is 5.78. The number of rotatable bonds is 0. The Kier molecular flexibility index (Phi) is 1.84. The summed E-state index contributed by atoms with van der Waals surface area (Å²) in [4.78, 5) is 2.58. The Bertz CT molecular complexity index is 522. The Morgan fingerprint density at radius 1 is 0.882 bits per heavy atom. The van der Waals surface area contributed by atoms with Crippen LogP contribution >= 0.6 is 0 Å². The highest BCUT2D eigenvalue weighted by Crippen LogP contribution is 2.48. The van der Waals surface area contributed by atoms with Crippen LogP contribution in [0.5, 0.6) is 0 Å². The lowest BCUT2D eigenvalue weighted by Crippen LogP contribution is -2.26. The molecule has 0 amide bonds. The summed E-state index contributed by atoms with van der Waals surface area (Å²) in [5.74, 6) is 0. The molecule has 1 nitrogen and oxygen atoms in total.